The summed E-state index contributed by atoms with van der Waals surface area (Å²) >= 11 is 5.54. The van der Waals surface area contributed by atoms with Crippen molar-refractivity contribution < 1.29 is 21.8 Å². The zero-order chi connectivity index (χ0) is 16.4. The number of sulfone groups is 1. The summed E-state index contributed by atoms with van der Waals surface area (Å²) in [7, 11) is -8.14. The number of primary sulfonamides is 1. The van der Waals surface area contributed by atoms with E-state index in [9.17, 15) is 26.9 Å². The average molecular weight is 357 g/mol. The lowest BCUT2D eigenvalue weighted by molar-refractivity contribution is -0.388. The van der Waals surface area contributed by atoms with Gasteiger partial charge in [0, 0.05) is 11.9 Å². The van der Waals surface area contributed by atoms with Gasteiger partial charge in [0.1, 0.15) is 4.90 Å². The van der Waals surface area contributed by atoms with E-state index in [1.165, 1.54) is 0 Å². The van der Waals surface area contributed by atoms with Crippen LogP contribution in [0.1, 0.15) is 6.92 Å². The van der Waals surface area contributed by atoms with Crippen molar-refractivity contribution in [3.63, 3.8) is 0 Å². The number of sulfonamides is 1. The highest BCUT2D eigenvalue weighted by Crippen LogP contribution is 2.28. The molecule has 0 saturated heterocycles. The largest absolute Gasteiger partial charge is 0.289 e. The van der Waals surface area contributed by atoms with Crippen molar-refractivity contribution in [3.8, 4) is 0 Å². The summed E-state index contributed by atoms with van der Waals surface area (Å²) in [6.07, 6.45) is 0. The number of nitrogens with two attached hydrogens (primary N) is 1. The molecule has 118 valence electrons. The summed E-state index contributed by atoms with van der Waals surface area (Å²) in [4.78, 5) is 8.93. The minimum absolute atomic E-state index is 0.0717. The van der Waals surface area contributed by atoms with Crippen LogP contribution in [-0.2, 0) is 19.9 Å². The lowest BCUT2D eigenvalue weighted by Crippen LogP contribution is -2.17. The van der Waals surface area contributed by atoms with E-state index in [-0.39, 0.29) is 11.6 Å². The number of halogens is 1. The molecule has 0 amide bonds. The maximum Gasteiger partial charge on any atom is 0.289 e. The average Bonchev–Trinajstić information content (AvgIpc) is 2.36. The number of hydrogen-bond acceptors (Lipinski definition) is 6. The molecule has 1 unspecified atom stereocenters. The first-order valence-corrected chi connectivity index (χ1v) is 9.32. The summed E-state index contributed by atoms with van der Waals surface area (Å²) in [5, 5.41) is 15.9. The van der Waals surface area contributed by atoms with E-state index in [0.717, 1.165) is 12.1 Å². The molecule has 0 aliphatic carbocycles. The first-order chi connectivity index (χ1) is 9.49. The molecule has 0 saturated carbocycles. The molecular weight excluding hydrogens is 344 g/mol. The number of nitrogens with zero attached hydrogens (tertiary/aromatic N) is 1. The zero-order valence-electron chi connectivity index (χ0n) is 10.9. The van der Waals surface area contributed by atoms with E-state index < -0.39 is 46.2 Å². The molecule has 21 heavy (non-hydrogen) atoms. The minimum Gasteiger partial charge on any atom is -0.258 e. The molecule has 1 rings (SSSR count). The van der Waals surface area contributed by atoms with Crippen molar-refractivity contribution in [1.29, 1.82) is 0 Å². The molecule has 0 aliphatic heterocycles. The first kappa shape index (κ1) is 17.8. The maximum atomic E-state index is 12.1. The van der Waals surface area contributed by atoms with Crippen molar-refractivity contribution in [3.05, 3.63) is 28.3 Å². The third kappa shape index (κ3) is 4.37. The van der Waals surface area contributed by atoms with Gasteiger partial charge in [0.05, 0.1) is 15.6 Å². The second-order valence-electron chi connectivity index (χ2n) is 4.47. The van der Waals surface area contributed by atoms with Gasteiger partial charge in [-0.05, 0) is 18.1 Å². The number of alkyl halides is 1. The highest BCUT2D eigenvalue weighted by molar-refractivity contribution is 7.91. The molecule has 1 aromatic rings. The van der Waals surface area contributed by atoms with E-state index in [1.807, 2.05) is 0 Å². The number of rotatable bonds is 6. The zero-order valence-corrected chi connectivity index (χ0v) is 13.3. The van der Waals surface area contributed by atoms with Gasteiger partial charge in [-0.1, -0.05) is 6.92 Å². The third-order valence-electron chi connectivity index (χ3n) is 2.56. The van der Waals surface area contributed by atoms with Crippen LogP contribution in [0.2, 0.25) is 0 Å². The lowest BCUT2D eigenvalue weighted by Gasteiger charge is -2.09. The molecule has 0 aliphatic rings. The van der Waals surface area contributed by atoms with E-state index >= 15 is 0 Å². The number of nitro groups is 1. The van der Waals surface area contributed by atoms with Gasteiger partial charge in [-0.3, -0.25) is 10.1 Å². The van der Waals surface area contributed by atoms with Crippen LogP contribution in [0.4, 0.5) is 5.69 Å². The molecule has 1 aromatic carbocycles. The van der Waals surface area contributed by atoms with E-state index in [0.29, 0.717) is 6.07 Å². The molecule has 0 aromatic heterocycles. The second kappa shape index (κ2) is 6.26. The van der Waals surface area contributed by atoms with Gasteiger partial charge in [0.2, 0.25) is 10.0 Å². The number of benzene rings is 1. The summed E-state index contributed by atoms with van der Waals surface area (Å²) < 4.78 is 46.7. The molecule has 2 N–H and O–H groups in total. The predicted octanol–water partition coefficient (Wildman–Crippen LogP) is 0.891. The Morgan fingerprint density at radius 2 is 1.90 bits per heavy atom. The fraction of sp³-hybridized carbons (Fsp3) is 0.400. The molecule has 0 heterocycles. The van der Waals surface area contributed by atoms with E-state index in [2.05, 4.69) is 0 Å². The van der Waals surface area contributed by atoms with Crippen LogP contribution in [0.3, 0.4) is 0 Å². The van der Waals surface area contributed by atoms with Gasteiger partial charge in [-0.2, -0.15) is 0 Å². The van der Waals surface area contributed by atoms with Crippen molar-refractivity contribution in [2.45, 2.75) is 16.7 Å². The fourth-order valence-electron chi connectivity index (χ4n) is 1.59. The van der Waals surface area contributed by atoms with Gasteiger partial charge in [0.15, 0.2) is 9.84 Å². The molecule has 0 spiro atoms. The smallest absolute Gasteiger partial charge is 0.258 e. The summed E-state index contributed by atoms with van der Waals surface area (Å²) in [6, 6.07) is 2.42. The van der Waals surface area contributed by atoms with Gasteiger partial charge < -0.3 is 0 Å². The highest BCUT2D eigenvalue weighted by atomic mass is 35.5. The van der Waals surface area contributed by atoms with E-state index in [4.69, 9.17) is 16.7 Å². The molecule has 0 radical (unpaired) electrons. The predicted molar refractivity (Wildman–Crippen MR) is 76.4 cm³/mol. The Labute approximate surface area is 127 Å². The lowest BCUT2D eigenvalue weighted by atomic mass is 10.3. The normalized spacial score (nSPS) is 13.9. The summed E-state index contributed by atoms with van der Waals surface area (Å²) in [5.41, 5.74) is -0.830. The second-order valence-corrected chi connectivity index (χ2v) is 8.35. The van der Waals surface area contributed by atoms with Crippen molar-refractivity contribution in [1.82, 2.24) is 0 Å². The van der Waals surface area contributed by atoms with Crippen LogP contribution in [0.5, 0.6) is 0 Å². The van der Waals surface area contributed by atoms with Crippen LogP contribution < -0.4 is 5.14 Å². The van der Waals surface area contributed by atoms with Crippen molar-refractivity contribution in [2.75, 3.05) is 11.6 Å². The fourth-order valence-corrected chi connectivity index (χ4v) is 4.13. The van der Waals surface area contributed by atoms with Gasteiger partial charge >= 0.3 is 0 Å². The Bertz CT molecular complexity index is 760. The maximum absolute atomic E-state index is 12.1. The Kier molecular flexibility index (Phi) is 5.31. The molecule has 11 heteroatoms. The first-order valence-electron chi connectivity index (χ1n) is 5.59. The topological polar surface area (TPSA) is 137 Å². The monoisotopic (exact) mass is 356 g/mol. The molecule has 1 atom stereocenters. The van der Waals surface area contributed by atoms with Crippen molar-refractivity contribution >= 4 is 37.1 Å². The molecular formula is C10H13ClN2O6S2. The summed E-state index contributed by atoms with van der Waals surface area (Å²) in [5.74, 6) is -0.719. The quantitative estimate of drug-likeness (QED) is 0.456. The van der Waals surface area contributed by atoms with Crippen LogP contribution in [0, 0.1) is 16.0 Å². The van der Waals surface area contributed by atoms with Crippen LogP contribution in [-0.4, -0.2) is 33.4 Å². The number of nitro benzene ring substituents is 1. The van der Waals surface area contributed by atoms with Gasteiger partial charge in [0.25, 0.3) is 5.69 Å². The van der Waals surface area contributed by atoms with E-state index in [1.54, 1.807) is 6.92 Å². The number of hydrogen-bond donors (Lipinski definition) is 1. The Morgan fingerprint density at radius 1 is 1.33 bits per heavy atom. The van der Waals surface area contributed by atoms with Crippen LogP contribution in [0.15, 0.2) is 28.0 Å². The van der Waals surface area contributed by atoms with Gasteiger partial charge in [-0.15, -0.1) is 11.6 Å². The molecule has 8 nitrogen and oxygen atoms in total. The van der Waals surface area contributed by atoms with Crippen LogP contribution in [0.25, 0.3) is 0 Å². The Balaban J connectivity index is 3.48. The van der Waals surface area contributed by atoms with Crippen molar-refractivity contribution in [2.24, 2.45) is 11.1 Å². The SMILES string of the molecule is CC(CCl)CS(=O)(=O)c1ccc(S(N)(=O)=O)cc1[N+](=O)[O-]. The Hall–Kier alpha value is -1.23. The van der Waals surface area contributed by atoms with Crippen LogP contribution >= 0.6 is 11.6 Å². The summed E-state index contributed by atoms with van der Waals surface area (Å²) in [6.45, 7) is 1.58. The Morgan fingerprint density at radius 3 is 2.33 bits per heavy atom. The van der Waals surface area contributed by atoms with Gasteiger partial charge in [-0.25, -0.2) is 22.0 Å². The minimum atomic E-state index is -4.17. The molecule has 0 fully saturated rings. The molecule has 0 bridgehead atoms. The standard InChI is InChI=1S/C10H13ClN2O6S2/c1-7(5-11)6-20(16,17)10-3-2-8(21(12,18)19)4-9(10)13(14)15/h2-4,7H,5-6H2,1H3,(H2,12,18,19). The third-order valence-corrected chi connectivity index (χ3v) is 6.02. The highest BCUT2D eigenvalue weighted by Gasteiger charge is 2.29.